The second-order valence-electron chi connectivity index (χ2n) is 4.08. The predicted molar refractivity (Wildman–Crippen MR) is 68.5 cm³/mol. The molecule has 2 rings (SSSR count). The van der Waals surface area contributed by atoms with Gasteiger partial charge in [0.2, 0.25) is 10.0 Å². The first-order chi connectivity index (χ1) is 8.91. The monoisotopic (exact) mass is 282 g/mol. The molecule has 0 amide bonds. The van der Waals surface area contributed by atoms with Gasteiger partial charge in [-0.3, -0.25) is 0 Å². The van der Waals surface area contributed by atoms with E-state index >= 15 is 0 Å². The molecule has 0 radical (unpaired) electrons. The second-order valence-corrected chi connectivity index (χ2v) is 6.09. The normalized spacial score (nSPS) is 11.9. The standard InChI is InChI=1S/C11H14N4O3S/c1-8-6-9(14-18-8)7-15(2)19(16,17)10-4-3-5-13-11(10)12/h3-6H,7H2,1-2H3,(H2,12,13). The summed E-state index contributed by atoms with van der Waals surface area (Å²) >= 11 is 0. The Hall–Kier alpha value is -1.93. The van der Waals surface area contributed by atoms with Crippen LogP contribution in [0.25, 0.3) is 0 Å². The maximum absolute atomic E-state index is 12.3. The fraction of sp³-hybridized carbons (Fsp3) is 0.273. The summed E-state index contributed by atoms with van der Waals surface area (Å²) in [6.07, 6.45) is 1.44. The number of nitrogens with zero attached hydrogens (tertiary/aromatic N) is 3. The Morgan fingerprint density at radius 3 is 2.79 bits per heavy atom. The van der Waals surface area contributed by atoms with E-state index in [1.54, 1.807) is 13.0 Å². The lowest BCUT2D eigenvalue weighted by Gasteiger charge is -2.16. The first kappa shape index (κ1) is 13.5. The van der Waals surface area contributed by atoms with Crippen LogP contribution in [0.4, 0.5) is 5.82 Å². The molecule has 7 nitrogen and oxygen atoms in total. The van der Waals surface area contributed by atoms with E-state index in [0.717, 1.165) is 4.31 Å². The van der Waals surface area contributed by atoms with Crippen molar-refractivity contribution in [2.45, 2.75) is 18.4 Å². The third kappa shape index (κ3) is 2.74. The van der Waals surface area contributed by atoms with Crippen molar-refractivity contribution in [3.63, 3.8) is 0 Å². The van der Waals surface area contributed by atoms with Gasteiger partial charge in [0, 0.05) is 19.3 Å². The molecule has 0 saturated heterocycles. The number of hydrogen-bond donors (Lipinski definition) is 1. The third-order valence-electron chi connectivity index (χ3n) is 2.55. The molecule has 2 heterocycles. The molecule has 2 aromatic heterocycles. The summed E-state index contributed by atoms with van der Waals surface area (Å²) in [5.41, 5.74) is 6.12. The van der Waals surface area contributed by atoms with Crippen LogP contribution in [0.15, 0.2) is 33.8 Å². The molecular formula is C11H14N4O3S. The summed E-state index contributed by atoms with van der Waals surface area (Å²) in [6.45, 7) is 1.85. The SMILES string of the molecule is Cc1cc(CN(C)S(=O)(=O)c2cccnc2N)no1. The smallest absolute Gasteiger partial charge is 0.246 e. The Labute approximate surface area is 111 Å². The van der Waals surface area contributed by atoms with Gasteiger partial charge in [-0.05, 0) is 19.1 Å². The fourth-order valence-electron chi connectivity index (χ4n) is 1.59. The van der Waals surface area contributed by atoms with Crippen LogP contribution in [0.5, 0.6) is 0 Å². The Morgan fingerprint density at radius 1 is 1.47 bits per heavy atom. The molecule has 8 heteroatoms. The summed E-state index contributed by atoms with van der Waals surface area (Å²) in [5, 5.41) is 3.76. The molecule has 19 heavy (non-hydrogen) atoms. The minimum atomic E-state index is -3.69. The van der Waals surface area contributed by atoms with Crippen LogP contribution in [-0.4, -0.2) is 29.9 Å². The van der Waals surface area contributed by atoms with E-state index < -0.39 is 10.0 Å². The van der Waals surface area contributed by atoms with E-state index in [0.29, 0.717) is 11.5 Å². The van der Waals surface area contributed by atoms with E-state index in [2.05, 4.69) is 10.1 Å². The van der Waals surface area contributed by atoms with Crippen molar-refractivity contribution >= 4 is 15.8 Å². The first-order valence-electron chi connectivity index (χ1n) is 5.50. The van der Waals surface area contributed by atoms with Crippen molar-refractivity contribution in [2.75, 3.05) is 12.8 Å². The third-order valence-corrected chi connectivity index (χ3v) is 4.40. The van der Waals surface area contributed by atoms with Crippen molar-refractivity contribution < 1.29 is 12.9 Å². The maximum Gasteiger partial charge on any atom is 0.246 e. The number of nitrogen functional groups attached to an aromatic ring is 1. The van der Waals surface area contributed by atoms with Gasteiger partial charge in [0.25, 0.3) is 0 Å². The average Bonchev–Trinajstić information content (AvgIpc) is 2.75. The van der Waals surface area contributed by atoms with Crippen LogP contribution in [0, 0.1) is 6.92 Å². The number of sulfonamides is 1. The zero-order valence-electron chi connectivity index (χ0n) is 10.6. The summed E-state index contributed by atoms with van der Waals surface area (Å²) in [6, 6.07) is 4.62. The van der Waals surface area contributed by atoms with Crippen molar-refractivity contribution in [2.24, 2.45) is 0 Å². The number of hydrogen-bond acceptors (Lipinski definition) is 6. The van der Waals surface area contributed by atoms with Crippen LogP contribution >= 0.6 is 0 Å². The van der Waals surface area contributed by atoms with Gasteiger partial charge in [-0.25, -0.2) is 13.4 Å². The Bertz CT molecular complexity index is 681. The van der Waals surface area contributed by atoms with E-state index in [9.17, 15) is 8.42 Å². The molecule has 0 unspecified atom stereocenters. The number of aromatic nitrogens is 2. The summed E-state index contributed by atoms with van der Waals surface area (Å²) in [7, 11) is -2.24. The Balaban J connectivity index is 2.27. The van der Waals surface area contributed by atoms with Gasteiger partial charge < -0.3 is 10.3 Å². The van der Waals surface area contributed by atoms with Crippen LogP contribution in [0.2, 0.25) is 0 Å². The highest BCUT2D eigenvalue weighted by atomic mass is 32.2. The van der Waals surface area contributed by atoms with E-state index in [4.69, 9.17) is 10.3 Å². The number of aryl methyl sites for hydroxylation is 1. The zero-order valence-corrected chi connectivity index (χ0v) is 11.4. The molecule has 0 fully saturated rings. The molecule has 0 saturated carbocycles. The molecule has 0 aromatic carbocycles. The van der Waals surface area contributed by atoms with Gasteiger partial charge in [0.15, 0.2) is 0 Å². The quantitative estimate of drug-likeness (QED) is 0.889. The van der Waals surface area contributed by atoms with Crippen molar-refractivity contribution in [1.82, 2.24) is 14.4 Å². The molecule has 102 valence electrons. The number of nitrogens with two attached hydrogens (primary N) is 1. The van der Waals surface area contributed by atoms with Crippen LogP contribution < -0.4 is 5.73 Å². The molecule has 0 aliphatic heterocycles. The van der Waals surface area contributed by atoms with Crippen LogP contribution in [-0.2, 0) is 16.6 Å². The van der Waals surface area contributed by atoms with Gasteiger partial charge >= 0.3 is 0 Å². The molecule has 0 atom stereocenters. The molecule has 2 N–H and O–H groups in total. The lowest BCUT2D eigenvalue weighted by Crippen LogP contribution is -2.27. The van der Waals surface area contributed by atoms with Crippen LogP contribution in [0.3, 0.4) is 0 Å². The maximum atomic E-state index is 12.3. The van der Waals surface area contributed by atoms with Gasteiger partial charge in [-0.1, -0.05) is 5.16 Å². The van der Waals surface area contributed by atoms with Gasteiger partial charge in [-0.2, -0.15) is 4.31 Å². The summed E-state index contributed by atoms with van der Waals surface area (Å²) in [4.78, 5) is 3.76. The molecular weight excluding hydrogens is 268 g/mol. The molecule has 0 aliphatic carbocycles. The second kappa shape index (κ2) is 4.98. The zero-order chi connectivity index (χ0) is 14.0. The highest BCUT2D eigenvalue weighted by Crippen LogP contribution is 2.20. The first-order valence-corrected chi connectivity index (χ1v) is 6.94. The molecule has 0 aliphatic rings. The van der Waals surface area contributed by atoms with Crippen LogP contribution in [0.1, 0.15) is 11.5 Å². The molecule has 2 aromatic rings. The van der Waals surface area contributed by atoms with Gasteiger partial charge in [0.1, 0.15) is 16.5 Å². The van der Waals surface area contributed by atoms with E-state index in [-0.39, 0.29) is 17.3 Å². The highest BCUT2D eigenvalue weighted by Gasteiger charge is 2.24. The average molecular weight is 282 g/mol. The van der Waals surface area contributed by atoms with Crippen molar-refractivity contribution in [1.29, 1.82) is 0 Å². The van der Waals surface area contributed by atoms with Gasteiger partial charge in [-0.15, -0.1) is 0 Å². The lowest BCUT2D eigenvalue weighted by atomic mass is 10.4. The highest BCUT2D eigenvalue weighted by molar-refractivity contribution is 7.89. The number of pyridine rings is 1. The minimum absolute atomic E-state index is 0.0160. The predicted octanol–water partition coefficient (Wildman–Crippen LogP) is 0.781. The number of rotatable bonds is 4. The van der Waals surface area contributed by atoms with E-state index in [1.165, 1.54) is 25.4 Å². The van der Waals surface area contributed by atoms with Gasteiger partial charge in [0.05, 0.1) is 12.2 Å². The van der Waals surface area contributed by atoms with E-state index in [1.807, 2.05) is 0 Å². The fourth-order valence-corrected chi connectivity index (χ4v) is 2.80. The largest absolute Gasteiger partial charge is 0.383 e. The Kier molecular flexibility index (Phi) is 3.54. The van der Waals surface area contributed by atoms with Crippen molar-refractivity contribution in [3.8, 4) is 0 Å². The summed E-state index contributed by atoms with van der Waals surface area (Å²) < 4.78 is 30.7. The lowest BCUT2D eigenvalue weighted by molar-refractivity contribution is 0.378. The topological polar surface area (TPSA) is 102 Å². The molecule has 0 bridgehead atoms. The minimum Gasteiger partial charge on any atom is -0.383 e. The Morgan fingerprint density at radius 2 is 2.21 bits per heavy atom. The molecule has 0 spiro atoms. The summed E-state index contributed by atoms with van der Waals surface area (Å²) in [5.74, 6) is 0.604. The number of anilines is 1. The van der Waals surface area contributed by atoms with Crippen molar-refractivity contribution in [3.05, 3.63) is 35.9 Å².